The SMILES string of the molecule is O=C(C1=C[C@@H](c2ccc(Br)cc2)C[C@@H](OCc2ccc(CO)cc2)O1)N1CCN(Cc2ccc3c(c2)OCO3)CC1. The summed E-state index contributed by atoms with van der Waals surface area (Å²) in [6.07, 6.45) is 1.99. The number of halogens is 1. The second kappa shape index (κ2) is 12.7. The van der Waals surface area contributed by atoms with Crippen LogP contribution in [-0.2, 0) is 34.0 Å². The van der Waals surface area contributed by atoms with E-state index in [2.05, 4.69) is 39.0 Å². The monoisotopic (exact) mass is 620 g/mol. The predicted molar refractivity (Wildman–Crippen MR) is 156 cm³/mol. The van der Waals surface area contributed by atoms with Crippen molar-refractivity contribution < 1.29 is 28.8 Å². The van der Waals surface area contributed by atoms with Crippen LogP contribution in [0.1, 0.15) is 34.6 Å². The van der Waals surface area contributed by atoms with Crippen molar-refractivity contribution in [2.24, 2.45) is 0 Å². The smallest absolute Gasteiger partial charge is 0.288 e. The number of benzene rings is 3. The number of amides is 1. The van der Waals surface area contributed by atoms with E-state index in [0.29, 0.717) is 31.9 Å². The van der Waals surface area contributed by atoms with E-state index < -0.39 is 6.29 Å². The highest BCUT2D eigenvalue weighted by Gasteiger charge is 2.32. The van der Waals surface area contributed by atoms with Crippen LogP contribution in [0.4, 0.5) is 0 Å². The van der Waals surface area contributed by atoms with E-state index in [0.717, 1.165) is 57.9 Å². The molecule has 214 valence electrons. The van der Waals surface area contributed by atoms with Crippen molar-refractivity contribution in [3.8, 4) is 11.5 Å². The normalized spacial score (nSPS) is 20.4. The minimum atomic E-state index is -0.558. The van der Waals surface area contributed by atoms with Crippen molar-refractivity contribution in [1.29, 1.82) is 0 Å². The Morgan fingerprint density at radius 3 is 2.37 bits per heavy atom. The van der Waals surface area contributed by atoms with Crippen LogP contribution in [-0.4, -0.2) is 60.1 Å². The van der Waals surface area contributed by atoms with Crippen LogP contribution in [0.3, 0.4) is 0 Å². The van der Waals surface area contributed by atoms with Gasteiger partial charge in [0.2, 0.25) is 13.1 Å². The van der Waals surface area contributed by atoms with E-state index in [4.69, 9.17) is 18.9 Å². The Bertz CT molecular complexity index is 1390. The van der Waals surface area contributed by atoms with Gasteiger partial charge in [-0.05, 0) is 52.6 Å². The molecule has 3 aliphatic rings. The lowest BCUT2D eigenvalue weighted by Gasteiger charge is -2.36. The van der Waals surface area contributed by atoms with E-state index in [1.165, 1.54) is 0 Å². The lowest BCUT2D eigenvalue weighted by atomic mass is 9.93. The molecule has 1 fully saturated rings. The van der Waals surface area contributed by atoms with Crippen LogP contribution in [0.2, 0.25) is 0 Å². The summed E-state index contributed by atoms with van der Waals surface area (Å²) < 4.78 is 24.3. The van der Waals surface area contributed by atoms with E-state index in [9.17, 15) is 9.90 Å². The first-order valence-electron chi connectivity index (χ1n) is 13.9. The Kier molecular flexibility index (Phi) is 8.57. The van der Waals surface area contributed by atoms with Crippen LogP contribution in [0.15, 0.2) is 83.0 Å². The number of aliphatic hydroxyl groups excluding tert-OH is 1. The topological polar surface area (TPSA) is 80.7 Å². The molecule has 1 amide bonds. The molecule has 0 saturated carbocycles. The van der Waals surface area contributed by atoms with Crippen LogP contribution >= 0.6 is 15.9 Å². The number of piperazine rings is 1. The summed E-state index contributed by atoms with van der Waals surface area (Å²) in [6, 6.07) is 21.8. The molecular formula is C32H33BrN2O6. The fraction of sp³-hybridized carbons (Fsp3) is 0.344. The summed E-state index contributed by atoms with van der Waals surface area (Å²) in [6.45, 7) is 4.20. The maximum Gasteiger partial charge on any atom is 0.288 e. The van der Waals surface area contributed by atoms with Gasteiger partial charge in [-0.1, -0.05) is 58.4 Å². The Labute approximate surface area is 248 Å². The number of fused-ring (bicyclic) bond motifs is 1. The number of hydrogen-bond acceptors (Lipinski definition) is 7. The summed E-state index contributed by atoms with van der Waals surface area (Å²) in [4.78, 5) is 17.9. The van der Waals surface area contributed by atoms with Gasteiger partial charge in [0.25, 0.3) is 5.91 Å². The number of hydrogen-bond donors (Lipinski definition) is 1. The van der Waals surface area contributed by atoms with E-state index in [-0.39, 0.29) is 25.2 Å². The van der Waals surface area contributed by atoms with Gasteiger partial charge in [0.05, 0.1) is 13.2 Å². The summed E-state index contributed by atoms with van der Waals surface area (Å²) >= 11 is 3.51. The van der Waals surface area contributed by atoms with Gasteiger partial charge in [-0.15, -0.1) is 0 Å². The molecule has 2 atom stereocenters. The first kappa shape index (κ1) is 27.8. The zero-order valence-corrected chi connectivity index (χ0v) is 24.3. The Balaban J connectivity index is 1.10. The number of aliphatic hydroxyl groups is 1. The van der Waals surface area contributed by atoms with Gasteiger partial charge in [-0.25, -0.2) is 0 Å². The molecule has 0 unspecified atom stereocenters. The molecular weight excluding hydrogens is 588 g/mol. The highest BCUT2D eigenvalue weighted by Crippen LogP contribution is 2.34. The minimum absolute atomic E-state index is 0.00465. The number of carbonyl (C=O) groups is 1. The van der Waals surface area contributed by atoms with Gasteiger partial charge in [0, 0.05) is 49.5 Å². The lowest BCUT2D eigenvalue weighted by molar-refractivity contribution is -0.157. The molecule has 3 aliphatic heterocycles. The second-order valence-corrected chi connectivity index (χ2v) is 11.4. The van der Waals surface area contributed by atoms with Gasteiger partial charge in [0.1, 0.15) is 0 Å². The second-order valence-electron chi connectivity index (χ2n) is 10.5. The standard InChI is InChI=1S/C32H33BrN2O6/c33-27-8-6-25(7-9-27)26-16-30(41-31(17-26)38-20-23-3-1-22(19-36)2-4-23)32(37)35-13-11-34(12-14-35)18-24-5-10-28-29(15-24)40-21-39-28/h1-10,15-16,26,31,36H,11-14,17-21H2/t26-,31+/m1/s1. The number of allylic oxidation sites excluding steroid dienone is 1. The predicted octanol–water partition coefficient (Wildman–Crippen LogP) is 4.95. The van der Waals surface area contributed by atoms with Crippen molar-refractivity contribution in [2.45, 2.75) is 38.4 Å². The third-order valence-corrected chi connectivity index (χ3v) is 8.24. The highest BCUT2D eigenvalue weighted by molar-refractivity contribution is 9.10. The Morgan fingerprint density at radius 2 is 1.61 bits per heavy atom. The molecule has 3 aromatic carbocycles. The molecule has 8 nitrogen and oxygen atoms in total. The summed E-state index contributed by atoms with van der Waals surface area (Å²) in [5.74, 6) is 1.81. The lowest BCUT2D eigenvalue weighted by Crippen LogP contribution is -2.49. The van der Waals surface area contributed by atoms with Gasteiger partial charge in [0.15, 0.2) is 17.3 Å². The van der Waals surface area contributed by atoms with Crippen molar-refractivity contribution >= 4 is 21.8 Å². The molecule has 1 saturated heterocycles. The van der Waals surface area contributed by atoms with Gasteiger partial charge < -0.3 is 29.0 Å². The molecule has 3 heterocycles. The third kappa shape index (κ3) is 6.76. The molecule has 3 aromatic rings. The van der Waals surface area contributed by atoms with E-state index >= 15 is 0 Å². The Hall–Kier alpha value is -3.37. The fourth-order valence-corrected chi connectivity index (χ4v) is 5.61. The first-order valence-corrected chi connectivity index (χ1v) is 14.7. The van der Waals surface area contributed by atoms with Crippen LogP contribution in [0.25, 0.3) is 0 Å². The molecule has 0 radical (unpaired) electrons. The molecule has 0 aliphatic carbocycles. The first-order chi connectivity index (χ1) is 20.0. The maximum absolute atomic E-state index is 13.7. The molecule has 9 heteroatoms. The van der Waals surface area contributed by atoms with Crippen molar-refractivity contribution in [2.75, 3.05) is 33.0 Å². The zero-order valence-electron chi connectivity index (χ0n) is 22.7. The average molecular weight is 622 g/mol. The van der Waals surface area contributed by atoms with Gasteiger partial charge in [-0.2, -0.15) is 0 Å². The molecule has 0 spiro atoms. The number of carbonyl (C=O) groups excluding carboxylic acids is 1. The number of nitrogens with zero attached hydrogens (tertiary/aromatic N) is 2. The molecule has 1 N–H and O–H groups in total. The molecule has 41 heavy (non-hydrogen) atoms. The van der Waals surface area contributed by atoms with Gasteiger partial charge >= 0.3 is 0 Å². The number of ether oxygens (including phenoxy) is 4. The van der Waals surface area contributed by atoms with Crippen LogP contribution in [0, 0.1) is 0 Å². The van der Waals surface area contributed by atoms with Crippen molar-refractivity contribution in [3.63, 3.8) is 0 Å². The minimum Gasteiger partial charge on any atom is -0.459 e. The van der Waals surface area contributed by atoms with Crippen molar-refractivity contribution in [1.82, 2.24) is 9.80 Å². The zero-order chi connectivity index (χ0) is 28.2. The van der Waals surface area contributed by atoms with Gasteiger partial charge in [-0.3, -0.25) is 9.69 Å². The highest BCUT2D eigenvalue weighted by atomic mass is 79.9. The molecule has 6 rings (SSSR count). The van der Waals surface area contributed by atoms with E-state index in [1.807, 2.05) is 59.5 Å². The Morgan fingerprint density at radius 1 is 0.902 bits per heavy atom. The summed E-state index contributed by atoms with van der Waals surface area (Å²) in [5, 5.41) is 9.31. The fourth-order valence-electron chi connectivity index (χ4n) is 5.35. The van der Waals surface area contributed by atoms with Crippen LogP contribution < -0.4 is 9.47 Å². The summed E-state index contributed by atoms with van der Waals surface area (Å²) in [7, 11) is 0. The third-order valence-electron chi connectivity index (χ3n) is 7.71. The van der Waals surface area contributed by atoms with E-state index in [1.54, 1.807) is 0 Å². The summed E-state index contributed by atoms with van der Waals surface area (Å²) in [5.41, 5.74) is 4.10. The van der Waals surface area contributed by atoms with Crippen molar-refractivity contribution in [3.05, 3.63) is 105 Å². The largest absolute Gasteiger partial charge is 0.459 e. The average Bonchev–Trinajstić information content (AvgIpc) is 3.49. The number of rotatable bonds is 8. The maximum atomic E-state index is 13.7. The molecule has 0 bridgehead atoms. The van der Waals surface area contributed by atoms with Crippen LogP contribution in [0.5, 0.6) is 11.5 Å². The molecule has 0 aromatic heterocycles. The quantitative estimate of drug-likeness (QED) is 0.382.